The Morgan fingerprint density at radius 1 is 0.488 bits per heavy atom. The van der Waals surface area contributed by atoms with E-state index in [9.17, 15) is 0 Å². The highest BCUT2D eigenvalue weighted by Crippen LogP contribution is 2.44. The third-order valence-electron chi connectivity index (χ3n) is 8.79. The van der Waals surface area contributed by atoms with Crippen LogP contribution in [0, 0.1) is 0 Å². The van der Waals surface area contributed by atoms with Crippen LogP contribution in [-0.2, 0) is 9.31 Å². The number of rotatable bonds is 4. The molecule has 0 atom stereocenters. The molecular formula is C37H32BNO2. The van der Waals surface area contributed by atoms with Gasteiger partial charge in [0.05, 0.1) is 16.9 Å². The molecule has 0 amide bonds. The number of hydrogen-bond acceptors (Lipinski definition) is 3. The molecule has 0 spiro atoms. The number of fused-ring (bicyclic) bond motifs is 3. The Labute approximate surface area is 241 Å². The van der Waals surface area contributed by atoms with E-state index in [0.29, 0.717) is 0 Å². The van der Waals surface area contributed by atoms with E-state index in [1.807, 2.05) is 24.4 Å². The van der Waals surface area contributed by atoms with Crippen LogP contribution in [0.15, 0.2) is 121 Å². The number of nitrogens with zero attached hydrogens (tertiary/aromatic N) is 1. The molecule has 0 radical (unpaired) electrons. The average molecular weight is 533 g/mol. The Bertz CT molecular complexity index is 1860. The molecule has 6 aromatic rings. The second-order valence-corrected chi connectivity index (χ2v) is 11.8. The molecule has 1 aromatic heterocycles. The molecule has 1 saturated heterocycles. The minimum Gasteiger partial charge on any atom is -0.399 e. The summed E-state index contributed by atoms with van der Waals surface area (Å²) in [6, 6.07) is 41.0. The smallest absolute Gasteiger partial charge is 0.399 e. The number of hydrogen-bond donors (Lipinski definition) is 0. The zero-order valence-electron chi connectivity index (χ0n) is 23.9. The minimum atomic E-state index is -0.388. The molecule has 5 aromatic carbocycles. The van der Waals surface area contributed by atoms with Gasteiger partial charge in [0.2, 0.25) is 0 Å². The highest BCUT2D eigenvalue weighted by molar-refractivity contribution is 6.62. The molecule has 4 heteroatoms. The topological polar surface area (TPSA) is 31.4 Å². The highest BCUT2D eigenvalue weighted by atomic mass is 16.7. The van der Waals surface area contributed by atoms with E-state index < -0.39 is 0 Å². The molecule has 2 heterocycles. The van der Waals surface area contributed by atoms with Gasteiger partial charge in [0, 0.05) is 11.8 Å². The fourth-order valence-electron chi connectivity index (χ4n) is 5.87. The molecule has 1 aliphatic rings. The summed E-state index contributed by atoms with van der Waals surface area (Å²) in [5.74, 6) is 0. The summed E-state index contributed by atoms with van der Waals surface area (Å²) in [6.07, 6.45) is 1.84. The first-order valence-electron chi connectivity index (χ1n) is 14.2. The second kappa shape index (κ2) is 9.69. The van der Waals surface area contributed by atoms with E-state index in [4.69, 9.17) is 9.31 Å². The quantitative estimate of drug-likeness (QED) is 0.168. The Balaban J connectivity index is 1.41. The molecule has 3 nitrogen and oxygen atoms in total. The second-order valence-electron chi connectivity index (χ2n) is 11.8. The standard InChI is InChI=1S/C37H32BNO2/c1-36(2)37(3,4)41-38(40-36)28-22-20-27(21-23-28)35-32-14-8-6-12-30(32)29-11-5-7-13-31(29)34(35)26-18-16-25(17-19-26)33-15-9-10-24-39-33/h5-24H,1-4H3. The van der Waals surface area contributed by atoms with Crippen molar-refractivity contribution in [3.63, 3.8) is 0 Å². The lowest BCUT2D eigenvalue weighted by atomic mass is 9.77. The molecule has 7 rings (SSSR count). The van der Waals surface area contributed by atoms with Gasteiger partial charge in [-0.3, -0.25) is 4.98 Å². The average Bonchev–Trinajstić information content (AvgIpc) is 3.23. The predicted molar refractivity (Wildman–Crippen MR) is 171 cm³/mol. The van der Waals surface area contributed by atoms with Crippen LogP contribution < -0.4 is 5.46 Å². The van der Waals surface area contributed by atoms with Gasteiger partial charge in [-0.15, -0.1) is 0 Å². The third-order valence-corrected chi connectivity index (χ3v) is 8.79. The van der Waals surface area contributed by atoms with Crippen LogP contribution in [0.2, 0.25) is 0 Å². The summed E-state index contributed by atoms with van der Waals surface area (Å²) >= 11 is 0. The molecule has 0 saturated carbocycles. The first-order valence-corrected chi connectivity index (χ1v) is 14.2. The molecule has 1 fully saturated rings. The molecule has 0 aliphatic carbocycles. The van der Waals surface area contributed by atoms with Gasteiger partial charge in [-0.05, 0) is 89.1 Å². The van der Waals surface area contributed by atoms with Gasteiger partial charge in [-0.1, -0.05) is 103 Å². The van der Waals surface area contributed by atoms with Crippen molar-refractivity contribution in [2.75, 3.05) is 0 Å². The number of benzene rings is 5. The van der Waals surface area contributed by atoms with E-state index in [1.54, 1.807) is 0 Å². The molecule has 0 unspecified atom stereocenters. The van der Waals surface area contributed by atoms with Gasteiger partial charge >= 0.3 is 7.12 Å². The van der Waals surface area contributed by atoms with Crippen molar-refractivity contribution in [1.82, 2.24) is 4.98 Å². The summed E-state index contributed by atoms with van der Waals surface area (Å²) in [6.45, 7) is 8.37. The highest BCUT2D eigenvalue weighted by Gasteiger charge is 2.51. The lowest BCUT2D eigenvalue weighted by Crippen LogP contribution is -2.41. The monoisotopic (exact) mass is 533 g/mol. The lowest BCUT2D eigenvalue weighted by molar-refractivity contribution is 0.00578. The van der Waals surface area contributed by atoms with Gasteiger partial charge in [0.25, 0.3) is 0 Å². The normalized spacial score (nSPS) is 16.0. The fraction of sp³-hybridized carbons (Fsp3) is 0.162. The zero-order chi connectivity index (χ0) is 28.2. The molecule has 0 bridgehead atoms. The van der Waals surface area contributed by atoms with Crippen LogP contribution in [0.5, 0.6) is 0 Å². The lowest BCUT2D eigenvalue weighted by Gasteiger charge is -2.32. The summed E-state index contributed by atoms with van der Waals surface area (Å²) < 4.78 is 12.7. The van der Waals surface area contributed by atoms with Crippen molar-refractivity contribution in [2.24, 2.45) is 0 Å². The molecule has 200 valence electrons. The van der Waals surface area contributed by atoms with Gasteiger partial charge in [0.1, 0.15) is 0 Å². The zero-order valence-corrected chi connectivity index (χ0v) is 23.9. The van der Waals surface area contributed by atoms with E-state index >= 15 is 0 Å². The largest absolute Gasteiger partial charge is 0.494 e. The Morgan fingerprint density at radius 3 is 1.41 bits per heavy atom. The van der Waals surface area contributed by atoms with Gasteiger partial charge < -0.3 is 9.31 Å². The molecule has 0 N–H and O–H groups in total. The summed E-state index contributed by atoms with van der Waals surface area (Å²) in [4.78, 5) is 4.55. The van der Waals surface area contributed by atoms with Crippen LogP contribution >= 0.6 is 0 Å². The maximum Gasteiger partial charge on any atom is 0.494 e. The summed E-state index contributed by atoms with van der Waals surface area (Å²) in [7, 11) is -0.388. The summed E-state index contributed by atoms with van der Waals surface area (Å²) in [5, 5.41) is 4.98. The van der Waals surface area contributed by atoms with Crippen molar-refractivity contribution >= 4 is 34.1 Å². The van der Waals surface area contributed by atoms with Gasteiger partial charge in [-0.2, -0.15) is 0 Å². The Kier molecular flexibility index (Phi) is 6.08. The van der Waals surface area contributed by atoms with Crippen molar-refractivity contribution in [3.8, 4) is 33.5 Å². The van der Waals surface area contributed by atoms with Gasteiger partial charge in [-0.25, -0.2) is 0 Å². The maximum atomic E-state index is 6.34. The van der Waals surface area contributed by atoms with Crippen LogP contribution in [0.3, 0.4) is 0 Å². The van der Waals surface area contributed by atoms with Crippen LogP contribution in [0.25, 0.3) is 55.1 Å². The minimum absolute atomic E-state index is 0.376. The van der Waals surface area contributed by atoms with Crippen molar-refractivity contribution < 1.29 is 9.31 Å². The Morgan fingerprint density at radius 2 is 0.927 bits per heavy atom. The van der Waals surface area contributed by atoms with Gasteiger partial charge in [0.15, 0.2) is 0 Å². The Hall–Kier alpha value is -4.25. The maximum absolute atomic E-state index is 6.34. The predicted octanol–water partition coefficient (Wildman–Crippen LogP) is 8.69. The molecule has 1 aliphatic heterocycles. The van der Waals surface area contributed by atoms with E-state index in [0.717, 1.165) is 22.3 Å². The first-order chi connectivity index (χ1) is 19.8. The first kappa shape index (κ1) is 25.7. The molecule has 41 heavy (non-hydrogen) atoms. The number of aromatic nitrogens is 1. The fourth-order valence-corrected chi connectivity index (χ4v) is 5.87. The number of pyridine rings is 1. The van der Waals surface area contributed by atoms with E-state index in [-0.39, 0.29) is 18.3 Å². The van der Waals surface area contributed by atoms with E-state index in [2.05, 4.69) is 130 Å². The van der Waals surface area contributed by atoms with Crippen LogP contribution in [0.4, 0.5) is 0 Å². The van der Waals surface area contributed by atoms with Crippen LogP contribution in [-0.4, -0.2) is 23.3 Å². The van der Waals surface area contributed by atoms with Crippen LogP contribution in [0.1, 0.15) is 27.7 Å². The third kappa shape index (κ3) is 4.35. The van der Waals surface area contributed by atoms with Crippen molar-refractivity contribution in [3.05, 3.63) is 121 Å². The van der Waals surface area contributed by atoms with Crippen molar-refractivity contribution in [1.29, 1.82) is 0 Å². The SMILES string of the molecule is CC1(C)OB(c2ccc(-c3c(-c4ccc(-c5ccccn5)cc4)c4ccccc4c4ccccc34)cc2)OC1(C)C. The summed E-state index contributed by atoms with van der Waals surface area (Å²) in [5.41, 5.74) is 7.15. The van der Waals surface area contributed by atoms with Crippen molar-refractivity contribution in [2.45, 2.75) is 38.9 Å². The molecular weight excluding hydrogens is 501 g/mol. The van der Waals surface area contributed by atoms with E-state index in [1.165, 1.54) is 38.2 Å².